The number of aromatic nitrogens is 1. The molecule has 19 heavy (non-hydrogen) atoms. The Morgan fingerprint density at radius 1 is 1.32 bits per heavy atom. The van der Waals surface area contributed by atoms with Gasteiger partial charge < -0.3 is 10.1 Å². The molecule has 0 spiro atoms. The van der Waals surface area contributed by atoms with Crippen LogP contribution in [0.4, 0.5) is 0 Å². The van der Waals surface area contributed by atoms with Crippen LogP contribution in [0, 0.1) is 6.92 Å². The van der Waals surface area contributed by atoms with Gasteiger partial charge in [0.1, 0.15) is 5.75 Å². The minimum atomic E-state index is -0.0347. The number of ether oxygens (including phenoxy) is 1. The van der Waals surface area contributed by atoms with E-state index in [2.05, 4.69) is 10.3 Å². The van der Waals surface area contributed by atoms with Crippen molar-refractivity contribution in [1.82, 2.24) is 10.3 Å². The number of aryl methyl sites for hydroxylation is 1. The van der Waals surface area contributed by atoms with Crippen LogP contribution in [0.5, 0.6) is 5.75 Å². The quantitative estimate of drug-likeness (QED) is 0.849. The van der Waals surface area contributed by atoms with Gasteiger partial charge in [-0.1, -0.05) is 25.7 Å². The molecule has 1 aromatic heterocycles. The fraction of sp³-hybridized carbons (Fsp3) is 0.600. The van der Waals surface area contributed by atoms with E-state index in [-0.39, 0.29) is 12.5 Å². The van der Waals surface area contributed by atoms with Gasteiger partial charge in [0.15, 0.2) is 6.61 Å². The van der Waals surface area contributed by atoms with Gasteiger partial charge in [-0.05, 0) is 31.9 Å². The second-order valence-corrected chi connectivity index (χ2v) is 5.18. The van der Waals surface area contributed by atoms with E-state index in [1.807, 2.05) is 19.1 Å². The maximum Gasteiger partial charge on any atom is 0.258 e. The lowest BCUT2D eigenvalue weighted by molar-refractivity contribution is -0.123. The van der Waals surface area contributed by atoms with E-state index in [4.69, 9.17) is 4.74 Å². The van der Waals surface area contributed by atoms with Gasteiger partial charge in [-0.25, -0.2) is 0 Å². The number of rotatable bonds is 4. The highest BCUT2D eigenvalue weighted by Crippen LogP contribution is 2.17. The second kappa shape index (κ2) is 7.12. The second-order valence-electron chi connectivity index (χ2n) is 5.18. The number of hydrogen-bond donors (Lipinski definition) is 1. The predicted molar refractivity (Wildman–Crippen MR) is 74.1 cm³/mol. The van der Waals surface area contributed by atoms with E-state index in [1.54, 1.807) is 6.20 Å². The van der Waals surface area contributed by atoms with Gasteiger partial charge in [0.05, 0.1) is 6.20 Å². The molecule has 104 valence electrons. The SMILES string of the molecule is Cc1ccc(OCC(=O)NC2CCCCCC2)cn1. The molecule has 0 radical (unpaired) electrons. The Kier molecular flexibility index (Phi) is 5.19. The van der Waals surface area contributed by atoms with Crippen LogP contribution in [-0.4, -0.2) is 23.5 Å². The highest BCUT2D eigenvalue weighted by molar-refractivity contribution is 5.77. The Bertz CT molecular complexity index is 395. The van der Waals surface area contributed by atoms with Crippen LogP contribution >= 0.6 is 0 Å². The van der Waals surface area contributed by atoms with Crippen molar-refractivity contribution < 1.29 is 9.53 Å². The standard InChI is InChI=1S/C15H22N2O2/c1-12-8-9-14(10-16-12)19-11-15(18)17-13-6-4-2-3-5-7-13/h8-10,13H,2-7,11H2,1H3,(H,17,18). The zero-order valence-electron chi connectivity index (χ0n) is 11.5. The molecule has 0 aliphatic heterocycles. The summed E-state index contributed by atoms with van der Waals surface area (Å²) in [5.74, 6) is 0.606. The van der Waals surface area contributed by atoms with Crippen molar-refractivity contribution in [2.45, 2.75) is 51.5 Å². The Morgan fingerprint density at radius 3 is 2.68 bits per heavy atom. The van der Waals surface area contributed by atoms with Crippen molar-refractivity contribution in [2.75, 3.05) is 6.61 Å². The van der Waals surface area contributed by atoms with E-state index in [0.717, 1.165) is 18.5 Å². The molecule has 1 aliphatic carbocycles. The molecule has 1 amide bonds. The molecule has 1 saturated carbocycles. The maximum atomic E-state index is 11.8. The summed E-state index contributed by atoms with van der Waals surface area (Å²) < 4.78 is 5.42. The third-order valence-electron chi connectivity index (χ3n) is 3.47. The third kappa shape index (κ3) is 4.89. The number of amides is 1. The predicted octanol–water partition coefficient (Wildman–Crippen LogP) is 2.61. The topological polar surface area (TPSA) is 51.2 Å². The lowest BCUT2D eigenvalue weighted by atomic mass is 10.1. The Labute approximate surface area is 114 Å². The Hall–Kier alpha value is -1.58. The number of pyridine rings is 1. The Balaban J connectivity index is 1.73. The fourth-order valence-corrected chi connectivity index (χ4v) is 2.38. The number of hydrogen-bond acceptors (Lipinski definition) is 3. The minimum Gasteiger partial charge on any atom is -0.482 e. The first-order valence-electron chi connectivity index (χ1n) is 7.09. The highest BCUT2D eigenvalue weighted by atomic mass is 16.5. The largest absolute Gasteiger partial charge is 0.482 e. The van der Waals surface area contributed by atoms with Crippen molar-refractivity contribution in [3.8, 4) is 5.75 Å². The molecule has 4 nitrogen and oxygen atoms in total. The molecule has 0 bridgehead atoms. The van der Waals surface area contributed by atoms with E-state index >= 15 is 0 Å². The first-order chi connectivity index (χ1) is 9.24. The summed E-state index contributed by atoms with van der Waals surface area (Å²) in [7, 11) is 0. The van der Waals surface area contributed by atoms with Crippen LogP contribution in [0.25, 0.3) is 0 Å². The van der Waals surface area contributed by atoms with Gasteiger partial charge >= 0.3 is 0 Å². The molecular weight excluding hydrogens is 240 g/mol. The summed E-state index contributed by atoms with van der Waals surface area (Å²) in [6, 6.07) is 4.04. The normalized spacial score (nSPS) is 16.7. The summed E-state index contributed by atoms with van der Waals surface area (Å²) in [6.45, 7) is 1.99. The smallest absolute Gasteiger partial charge is 0.258 e. The van der Waals surface area contributed by atoms with Crippen molar-refractivity contribution in [3.05, 3.63) is 24.0 Å². The zero-order valence-corrected chi connectivity index (χ0v) is 11.5. The lowest BCUT2D eigenvalue weighted by Gasteiger charge is -2.16. The molecule has 1 aromatic rings. The van der Waals surface area contributed by atoms with Gasteiger partial charge in [-0.2, -0.15) is 0 Å². The highest BCUT2D eigenvalue weighted by Gasteiger charge is 2.14. The van der Waals surface area contributed by atoms with Crippen LogP contribution in [0.15, 0.2) is 18.3 Å². The zero-order chi connectivity index (χ0) is 13.5. The summed E-state index contributed by atoms with van der Waals surface area (Å²) in [5, 5.41) is 3.06. The summed E-state index contributed by atoms with van der Waals surface area (Å²) >= 11 is 0. The fourth-order valence-electron chi connectivity index (χ4n) is 2.38. The molecule has 0 unspecified atom stereocenters. The van der Waals surface area contributed by atoms with Gasteiger partial charge in [-0.15, -0.1) is 0 Å². The van der Waals surface area contributed by atoms with Crippen molar-refractivity contribution in [2.24, 2.45) is 0 Å². The average Bonchev–Trinajstić information content (AvgIpc) is 2.67. The van der Waals surface area contributed by atoms with Gasteiger partial charge in [0.2, 0.25) is 0 Å². The number of carbonyl (C=O) groups is 1. The average molecular weight is 262 g/mol. The first-order valence-corrected chi connectivity index (χ1v) is 7.09. The van der Waals surface area contributed by atoms with Crippen molar-refractivity contribution in [1.29, 1.82) is 0 Å². The van der Waals surface area contributed by atoms with Crippen LogP contribution < -0.4 is 10.1 Å². The molecule has 0 atom stereocenters. The van der Waals surface area contributed by atoms with Gasteiger partial charge in [0, 0.05) is 11.7 Å². The summed E-state index contributed by atoms with van der Waals surface area (Å²) in [5.41, 5.74) is 0.940. The first kappa shape index (κ1) is 13.8. The molecule has 0 aromatic carbocycles. The van der Waals surface area contributed by atoms with Crippen LogP contribution in [0.3, 0.4) is 0 Å². The van der Waals surface area contributed by atoms with Crippen molar-refractivity contribution in [3.63, 3.8) is 0 Å². The molecule has 1 aliphatic rings. The lowest BCUT2D eigenvalue weighted by Crippen LogP contribution is -2.37. The molecule has 2 rings (SSSR count). The van der Waals surface area contributed by atoms with Crippen LogP contribution in [0.2, 0.25) is 0 Å². The van der Waals surface area contributed by atoms with E-state index in [0.29, 0.717) is 11.8 Å². The minimum absolute atomic E-state index is 0.0347. The van der Waals surface area contributed by atoms with Crippen molar-refractivity contribution >= 4 is 5.91 Å². The Morgan fingerprint density at radius 2 is 2.05 bits per heavy atom. The van der Waals surface area contributed by atoms with Gasteiger partial charge in [-0.3, -0.25) is 9.78 Å². The molecular formula is C15H22N2O2. The van der Waals surface area contributed by atoms with E-state index < -0.39 is 0 Å². The molecule has 1 fully saturated rings. The summed E-state index contributed by atoms with van der Waals surface area (Å²) in [6.07, 6.45) is 8.85. The molecule has 0 saturated heterocycles. The van der Waals surface area contributed by atoms with E-state index in [1.165, 1.54) is 25.7 Å². The number of carbonyl (C=O) groups excluding carboxylic acids is 1. The number of nitrogens with zero attached hydrogens (tertiary/aromatic N) is 1. The maximum absolute atomic E-state index is 11.8. The molecule has 1 heterocycles. The monoisotopic (exact) mass is 262 g/mol. The van der Waals surface area contributed by atoms with Crippen LogP contribution in [-0.2, 0) is 4.79 Å². The van der Waals surface area contributed by atoms with Gasteiger partial charge in [0.25, 0.3) is 5.91 Å². The molecule has 4 heteroatoms. The van der Waals surface area contributed by atoms with E-state index in [9.17, 15) is 4.79 Å². The summed E-state index contributed by atoms with van der Waals surface area (Å²) in [4.78, 5) is 15.9. The van der Waals surface area contributed by atoms with Crippen LogP contribution in [0.1, 0.15) is 44.2 Å². The third-order valence-corrected chi connectivity index (χ3v) is 3.47. The molecule has 1 N–H and O–H groups in total. The number of nitrogens with one attached hydrogen (secondary N) is 1.